The number of H-pyrrole nitrogens is 1. The van der Waals surface area contributed by atoms with Crippen molar-refractivity contribution in [1.29, 1.82) is 0 Å². The van der Waals surface area contributed by atoms with Crippen molar-refractivity contribution < 1.29 is 9.90 Å². The average Bonchev–Trinajstić information content (AvgIpc) is 2.69. The third-order valence-electron chi connectivity index (χ3n) is 2.85. The van der Waals surface area contributed by atoms with Crippen LogP contribution < -0.4 is 11.4 Å². The summed E-state index contributed by atoms with van der Waals surface area (Å²) >= 11 is 1.48. The standard InChI is InChI=1S/C11H20N4O3S/c1-3-15-9(18)13-14-10(15)19-7-5-4-6-11(2,12)8(16)17/h3-7,12H2,1-2H3,(H,13,18)(H,16,17). The zero-order chi connectivity index (χ0) is 14.5. The molecule has 1 heterocycles. The molecular formula is C11H20N4O3S. The van der Waals surface area contributed by atoms with E-state index in [2.05, 4.69) is 10.2 Å². The molecule has 0 aromatic carbocycles. The van der Waals surface area contributed by atoms with E-state index in [0.29, 0.717) is 18.1 Å². The summed E-state index contributed by atoms with van der Waals surface area (Å²) in [4.78, 5) is 22.1. The molecule has 1 rings (SSSR count). The Kier molecular flexibility index (Phi) is 5.61. The molecule has 0 bridgehead atoms. The first-order valence-electron chi connectivity index (χ1n) is 6.18. The van der Waals surface area contributed by atoms with E-state index in [-0.39, 0.29) is 5.69 Å². The van der Waals surface area contributed by atoms with Gasteiger partial charge in [0.05, 0.1) is 0 Å². The Morgan fingerprint density at radius 1 is 1.58 bits per heavy atom. The average molecular weight is 288 g/mol. The predicted molar refractivity (Wildman–Crippen MR) is 73.3 cm³/mol. The summed E-state index contributed by atoms with van der Waals surface area (Å²) in [6.45, 7) is 3.98. The summed E-state index contributed by atoms with van der Waals surface area (Å²) < 4.78 is 1.56. The first kappa shape index (κ1) is 15.8. The van der Waals surface area contributed by atoms with Crippen molar-refractivity contribution in [2.24, 2.45) is 5.73 Å². The van der Waals surface area contributed by atoms with Crippen LogP contribution in [0.5, 0.6) is 0 Å². The predicted octanol–water partition coefficient (Wildman–Crippen LogP) is 0.656. The molecular weight excluding hydrogens is 268 g/mol. The molecule has 0 fully saturated rings. The highest BCUT2D eigenvalue weighted by Crippen LogP contribution is 2.17. The van der Waals surface area contributed by atoms with Gasteiger partial charge in [0.1, 0.15) is 5.54 Å². The van der Waals surface area contributed by atoms with E-state index >= 15 is 0 Å². The molecule has 4 N–H and O–H groups in total. The minimum absolute atomic E-state index is 0.203. The van der Waals surface area contributed by atoms with Crippen LogP contribution in [-0.2, 0) is 11.3 Å². The number of hydrogen-bond donors (Lipinski definition) is 3. The van der Waals surface area contributed by atoms with Crippen molar-refractivity contribution in [2.45, 2.75) is 50.4 Å². The van der Waals surface area contributed by atoms with Gasteiger partial charge in [0.25, 0.3) is 0 Å². The number of carbonyl (C=O) groups is 1. The summed E-state index contributed by atoms with van der Waals surface area (Å²) in [6, 6.07) is 0. The maximum absolute atomic E-state index is 11.3. The number of nitrogens with two attached hydrogens (primary N) is 1. The summed E-state index contributed by atoms with van der Waals surface area (Å²) in [6.07, 6.45) is 1.99. The second-order valence-corrected chi connectivity index (χ2v) is 5.65. The Morgan fingerprint density at radius 2 is 2.26 bits per heavy atom. The Hall–Kier alpha value is -1.28. The number of aliphatic carboxylic acids is 1. The van der Waals surface area contributed by atoms with Crippen LogP contribution in [0.1, 0.15) is 33.1 Å². The van der Waals surface area contributed by atoms with Crippen LogP contribution in [0.15, 0.2) is 9.95 Å². The molecule has 1 aromatic rings. The first-order chi connectivity index (χ1) is 8.88. The van der Waals surface area contributed by atoms with Crippen LogP contribution >= 0.6 is 11.8 Å². The lowest BCUT2D eigenvalue weighted by atomic mass is 9.97. The number of unbranched alkanes of at least 4 members (excludes halogenated alkanes) is 1. The first-order valence-corrected chi connectivity index (χ1v) is 7.17. The molecule has 0 radical (unpaired) electrons. The molecule has 0 saturated carbocycles. The lowest BCUT2D eigenvalue weighted by Crippen LogP contribution is -2.44. The van der Waals surface area contributed by atoms with E-state index < -0.39 is 11.5 Å². The van der Waals surface area contributed by atoms with Crippen molar-refractivity contribution in [3.8, 4) is 0 Å². The molecule has 1 unspecified atom stereocenters. The SMILES string of the molecule is CCn1c(SCCCCC(C)(N)C(=O)O)n[nH]c1=O. The number of carboxylic acids is 1. The van der Waals surface area contributed by atoms with Gasteiger partial charge in [-0.2, -0.15) is 0 Å². The summed E-state index contributed by atoms with van der Waals surface area (Å²) in [5.74, 6) is -0.202. The summed E-state index contributed by atoms with van der Waals surface area (Å²) in [5, 5.41) is 15.9. The molecule has 0 aliphatic heterocycles. The van der Waals surface area contributed by atoms with Gasteiger partial charge < -0.3 is 10.8 Å². The zero-order valence-electron chi connectivity index (χ0n) is 11.2. The molecule has 7 nitrogen and oxygen atoms in total. The van der Waals surface area contributed by atoms with E-state index in [0.717, 1.165) is 18.6 Å². The van der Waals surface area contributed by atoms with E-state index in [1.165, 1.54) is 18.7 Å². The van der Waals surface area contributed by atoms with Crippen LogP contribution in [0.3, 0.4) is 0 Å². The number of aromatic nitrogens is 3. The van der Waals surface area contributed by atoms with Crippen molar-refractivity contribution in [3.05, 3.63) is 10.5 Å². The van der Waals surface area contributed by atoms with Crippen LogP contribution in [0.25, 0.3) is 0 Å². The van der Waals surface area contributed by atoms with Gasteiger partial charge in [-0.1, -0.05) is 18.2 Å². The van der Waals surface area contributed by atoms with E-state index in [1.54, 1.807) is 4.57 Å². The topological polar surface area (TPSA) is 114 Å². The Morgan fingerprint density at radius 3 is 2.84 bits per heavy atom. The summed E-state index contributed by atoms with van der Waals surface area (Å²) in [5.41, 5.74) is 4.27. The lowest BCUT2D eigenvalue weighted by Gasteiger charge is -2.18. The molecule has 1 atom stereocenters. The Bertz CT molecular complexity index is 481. The van der Waals surface area contributed by atoms with Crippen LogP contribution in [0, 0.1) is 0 Å². The molecule has 19 heavy (non-hydrogen) atoms. The molecule has 0 spiro atoms. The van der Waals surface area contributed by atoms with Crippen LogP contribution in [0.2, 0.25) is 0 Å². The fourth-order valence-electron chi connectivity index (χ4n) is 1.56. The van der Waals surface area contributed by atoms with Crippen LogP contribution in [-0.4, -0.2) is 37.1 Å². The summed E-state index contributed by atoms with van der Waals surface area (Å²) in [7, 11) is 0. The highest BCUT2D eigenvalue weighted by molar-refractivity contribution is 7.99. The highest BCUT2D eigenvalue weighted by atomic mass is 32.2. The van der Waals surface area contributed by atoms with Crippen molar-refractivity contribution >= 4 is 17.7 Å². The number of nitrogens with one attached hydrogen (secondary N) is 1. The molecule has 0 aliphatic carbocycles. The smallest absolute Gasteiger partial charge is 0.343 e. The zero-order valence-corrected chi connectivity index (χ0v) is 12.0. The third-order valence-corrected chi connectivity index (χ3v) is 3.91. The minimum atomic E-state index is -1.16. The van der Waals surface area contributed by atoms with E-state index in [1.807, 2.05) is 6.92 Å². The normalized spacial score (nSPS) is 14.3. The second kappa shape index (κ2) is 6.76. The van der Waals surface area contributed by atoms with Gasteiger partial charge in [-0.05, 0) is 26.7 Å². The number of hydrogen-bond acceptors (Lipinski definition) is 5. The second-order valence-electron chi connectivity index (χ2n) is 4.58. The van der Waals surface area contributed by atoms with Gasteiger partial charge in [0, 0.05) is 12.3 Å². The van der Waals surface area contributed by atoms with Gasteiger partial charge in [-0.3, -0.25) is 9.36 Å². The molecule has 0 aliphatic rings. The maximum atomic E-state index is 11.3. The fraction of sp³-hybridized carbons (Fsp3) is 0.727. The molecule has 8 heteroatoms. The number of rotatable bonds is 8. The molecule has 108 valence electrons. The minimum Gasteiger partial charge on any atom is -0.480 e. The number of aromatic amines is 1. The Labute approximate surface area is 115 Å². The molecule has 0 saturated heterocycles. The van der Waals surface area contributed by atoms with E-state index in [4.69, 9.17) is 10.8 Å². The van der Waals surface area contributed by atoms with Crippen molar-refractivity contribution in [2.75, 3.05) is 5.75 Å². The van der Waals surface area contributed by atoms with Gasteiger partial charge >= 0.3 is 11.7 Å². The maximum Gasteiger partial charge on any atom is 0.343 e. The largest absolute Gasteiger partial charge is 0.480 e. The van der Waals surface area contributed by atoms with Gasteiger partial charge in [-0.25, -0.2) is 9.89 Å². The van der Waals surface area contributed by atoms with E-state index in [9.17, 15) is 9.59 Å². The van der Waals surface area contributed by atoms with Gasteiger partial charge in [0.2, 0.25) is 0 Å². The monoisotopic (exact) mass is 288 g/mol. The van der Waals surface area contributed by atoms with Gasteiger partial charge in [-0.15, -0.1) is 5.10 Å². The molecule has 0 amide bonds. The lowest BCUT2D eigenvalue weighted by molar-refractivity contribution is -0.142. The fourth-order valence-corrected chi connectivity index (χ4v) is 2.57. The Balaban J connectivity index is 2.32. The number of nitrogens with zero attached hydrogens (tertiary/aromatic N) is 2. The quantitative estimate of drug-likeness (QED) is 0.478. The number of thioether (sulfide) groups is 1. The third kappa shape index (κ3) is 4.39. The molecule has 1 aromatic heterocycles. The highest BCUT2D eigenvalue weighted by Gasteiger charge is 2.26. The van der Waals surface area contributed by atoms with Crippen molar-refractivity contribution in [3.63, 3.8) is 0 Å². The number of carboxylic acid groups (broad SMARTS) is 1. The van der Waals surface area contributed by atoms with Crippen molar-refractivity contribution in [1.82, 2.24) is 14.8 Å². The van der Waals surface area contributed by atoms with Crippen LogP contribution in [0.4, 0.5) is 0 Å². The van der Waals surface area contributed by atoms with Gasteiger partial charge in [0.15, 0.2) is 5.16 Å².